The molecule has 0 atom stereocenters. The lowest BCUT2D eigenvalue weighted by atomic mass is 10.0. The van der Waals surface area contributed by atoms with Crippen LogP contribution in [0.5, 0.6) is 0 Å². The Morgan fingerprint density at radius 2 is 1.72 bits per heavy atom. The van der Waals surface area contributed by atoms with Gasteiger partial charge in [0.2, 0.25) is 0 Å². The zero-order chi connectivity index (χ0) is 13.0. The molecule has 2 aromatic carbocycles. The second kappa shape index (κ2) is 5.27. The van der Waals surface area contributed by atoms with Crippen LogP contribution >= 0.6 is 0 Å². The predicted octanol–water partition coefficient (Wildman–Crippen LogP) is 2.95. The molecule has 0 saturated carbocycles. The Balaban J connectivity index is 2.44. The van der Waals surface area contributed by atoms with E-state index in [0.717, 1.165) is 17.4 Å². The first-order valence-corrected chi connectivity index (χ1v) is 5.48. The van der Waals surface area contributed by atoms with Crippen LogP contribution in [0.4, 0.5) is 0 Å². The molecule has 2 aromatic rings. The SMILES string of the molecule is COC(=O)c1cccc(-c2cccc(C=O)c2)c1. The molecule has 0 fully saturated rings. The molecule has 0 unspecified atom stereocenters. The minimum Gasteiger partial charge on any atom is -0.465 e. The summed E-state index contributed by atoms with van der Waals surface area (Å²) in [5.74, 6) is -0.372. The van der Waals surface area contributed by atoms with Gasteiger partial charge in [0.05, 0.1) is 12.7 Å². The van der Waals surface area contributed by atoms with Crippen LogP contribution in [-0.2, 0) is 4.74 Å². The number of ether oxygens (including phenoxy) is 1. The van der Waals surface area contributed by atoms with Gasteiger partial charge in [-0.15, -0.1) is 0 Å². The first-order valence-electron chi connectivity index (χ1n) is 5.48. The van der Waals surface area contributed by atoms with E-state index in [4.69, 9.17) is 0 Å². The lowest BCUT2D eigenvalue weighted by Gasteiger charge is -2.05. The highest BCUT2D eigenvalue weighted by atomic mass is 16.5. The van der Waals surface area contributed by atoms with Crippen LogP contribution in [0.2, 0.25) is 0 Å². The van der Waals surface area contributed by atoms with Crippen molar-refractivity contribution in [1.82, 2.24) is 0 Å². The molecule has 18 heavy (non-hydrogen) atoms. The number of hydrogen-bond donors (Lipinski definition) is 0. The Morgan fingerprint density at radius 1 is 1.06 bits per heavy atom. The maximum absolute atomic E-state index is 11.4. The minimum atomic E-state index is -0.372. The summed E-state index contributed by atoms with van der Waals surface area (Å²) in [5.41, 5.74) is 2.87. The number of carbonyl (C=O) groups is 2. The molecule has 0 aliphatic rings. The molecule has 0 heterocycles. The summed E-state index contributed by atoms with van der Waals surface area (Å²) in [4.78, 5) is 22.2. The third kappa shape index (κ3) is 2.46. The van der Waals surface area contributed by atoms with Crippen molar-refractivity contribution in [2.24, 2.45) is 0 Å². The molecular weight excluding hydrogens is 228 g/mol. The van der Waals surface area contributed by atoms with E-state index in [-0.39, 0.29) is 5.97 Å². The molecule has 0 saturated heterocycles. The Bertz CT molecular complexity index is 588. The zero-order valence-corrected chi connectivity index (χ0v) is 9.92. The van der Waals surface area contributed by atoms with Crippen molar-refractivity contribution >= 4 is 12.3 Å². The largest absolute Gasteiger partial charge is 0.465 e. The van der Waals surface area contributed by atoms with E-state index < -0.39 is 0 Å². The average molecular weight is 240 g/mol. The van der Waals surface area contributed by atoms with Gasteiger partial charge in [-0.2, -0.15) is 0 Å². The van der Waals surface area contributed by atoms with Gasteiger partial charge in [-0.25, -0.2) is 4.79 Å². The normalized spacial score (nSPS) is 9.83. The maximum Gasteiger partial charge on any atom is 0.337 e. The van der Waals surface area contributed by atoms with Crippen LogP contribution < -0.4 is 0 Å². The molecule has 0 aliphatic heterocycles. The quantitative estimate of drug-likeness (QED) is 0.612. The lowest BCUT2D eigenvalue weighted by molar-refractivity contribution is 0.0600. The third-order valence-corrected chi connectivity index (χ3v) is 2.64. The van der Waals surface area contributed by atoms with Crippen LogP contribution in [0.1, 0.15) is 20.7 Å². The van der Waals surface area contributed by atoms with Crippen LogP contribution in [0.3, 0.4) is 0 Å². The van der Waals surface area contributed by atoms with Crippen molar-refractivity contribution in [3.8, 4) is 11.1 Å². The Morgan fingerprint density at radius 3 is 2.39 bits per heavy atom. The van der Waals surface area contributed by atoms with E-state index in [1.54, 1.807) is 30.3 Å². The van der Waals surface area contributed by atoms with Crippen molar-refractivity contribution in [3.05, 3.63) is 59.7 Å². The van der Waals surface area contributed by atoms with Crippen molar-refractivity contribution in [1.29, 1.82) is 0 Å². The summed E-state index contributed by atoms with van der Waals surface area (Å²) in [5, 5.41) is 0. The number of esters is 1. The monoisotopic (exact) mass is 240 g/mol. The first-order chi connectivity index (χ1) is 8.74. The van der Waals surface area contributed by atoms with Gasteiger partial charge in [0.25, 0.3) is 0 Å². The van der Waals surface area contributed by atoms with Gasteiger partial charge < -0.3 is 4.74 Å². The Labute approximate surface area is 105 Å². The van der Waals surface area contributed by atoms with E-state index in [1.165, 1.54) is 7.11 Å². The van der Waals surface area contributed by atoms with E-state index in [9.17, 15) is 9.59 Å². The molecule has 0 spiro atoms. The first kappa shape index (κ1) is 12.0. The standard InChI is InChI=1S/C15H12O3/c1-18-15(17)14-7-3-6-13(9-14)12-5-2-4-11(8-12)10-16/h2-10H,1H3. The molecule has 0 bridgehead atoms. The van der Waals surface area contributed by atoms with Crippen molar-refractivity contribution in [2.45, 2.75) is 0 Å². The molecule has 3 nitrogen and oxygen atoms in total. The highest BCUT2D eigenvalue weighted by Crippen LogP contribution is 2.21. The molecule has 0 amide bonds. The summed E-state index contributed by atoms with van der Waals surface area (Å²) in [7, 11) is 1.35. The molecular formula is C15H12O3. The van der Waals surface area contributed by atoms with Gasteiger partial charge in [-0.05, 0) is 29.3 Å². The number of carbonyl (C=O) groups excluding carboxylic acids is 2. The molecule has 0 N–H and O–H groups in total. The van der Waals surface area contributed by atoms with Crippen LogP contribution in [0.15, 0.2) is 48.5 Å². The number of benzene rings is 2. The Hall–Kier alpha value is -2.42. The molecule has 3 heteroatoms. The predicted molar refractivity (Wildman–Crippen MR) is 68.6 cm³/mol. The smallest absolute Gasteiger partial charge is 0.337 e. The summed E-state index contributed by atoms with van der Waals surface area (Å²) in [6.07, 6.45) is 0.799. The highest BCUT2D eigenvalue weighted by molar-refractivity contribution is 5.91. The minimum absolute atomic E-state index is 0.372. The van der Waals surface area contributed by atoms with Gasteiger partial charge in [-0.1, -0.05) is 30.3 Å². The van der Waals surface area contributed by atoms with E-state index >= 15 is 0 Å². The topological polar surface area (TPSA) is 43.4 Å². The summed E-state index contributed by atoms with van der Waals surface area (Å²) < 4.78 is 4.68. The number of rotatable bonds is 3. The molecule has 0 aromatic heterocycles. The second-order valence-corrected chi connectivity index (χ2v) is 3.82. The van der Waals surface area contributed by atoms with Gasteiger partial charge in [0.15, 0.2) is 0 Å². The molecule has 0 radical (unpaired) electrons. The van der Waals surface area contributed by atoms with Gasteiger partial charge in [0, 0.05) is 5.56 Å². The van der Waals surface area contributed by atoms with Crippen molar-refractivity contribution < 1.29 is 14.3 Å². The van der Waals surface area contributed by atoms with E-state index in [2.05, 4.69) is 4.74 Å². The van der Waals surface area contributed by atoms with Crippen LogP contribution in [0, 0.1) is 0 Å². The fraction of sp³-hybridized carbons (Fsp3) is 0.0667. The fourth-order valence-corrected chi connectivity index (χ4v) is 1.74. The molecule has 0 aliphatic carbocycles. The van der Waals surface area contributed by atoms with E-state index in [0.29, 0.717) is 11.1 Å². The van der Waals surface area contributed by atoms with Crippen LogP contribution in [-0.4, -0.2) is 19.4 Å². The number of methoxy groups -OCH3 is 1. The maximum atomic E-state index is 11.4. The van der Waals surface area contributed by atoms with Crippen molar-refractivity contribution in [3.63, 3.8) is 0 Å². The third-order valence-electron chi connectivity index (χ3n) is 2.64. The van der Waals surface area contributed by atoms with Gasteiger partial charge >= 0.3 is 5.97 Å². The van der Waals surface area contributed by atoms with Crippen LogP contribution in [0.25, 0.3) is 11.1 Å². The average Bonchev–Trinajstić information content (AvgIpc) is 2.46. The van der Waals surface area contributed by atoms with Gasteiger partial charge in [-0.3, -0.25) is 4.79 Å². The molecule has 90 valence electrons. The lowest BCUT2D eigenvalue weighted by Crippen LogP contribution is -2.00. The Kier molecular flexibility index (Phi) is 3.53. The van der Waals surface area contributed by atoms with E-state index in [1.807, 2.05) is 18.2 Å². The fourth-order valence-electron chi connectivity index (χ4n) is 1.74. The highest BCUT2D eigenvalue weighted by Gasteiger charge is 2.06. The second-order valence-electron chi connectivity index (χ2n) is 3.82. The summed E-state index contributed by atoms with van der Waals surface area (Å²) in [6, 6.07) is 14.3. The number of aldehydes is 1. The zero-order valence-electron chi connectivity index (χ0n) is 9.92. The van der Waals surface area contributed by atoms with Crippen molar-refractivity contribution in [2.75, 3.05) is 7.11 Å². The van der Waals surface area contributed by atoms with Gasteiger partial charge in [0.1, 0.15) is 6.29 Å². The summed E-state index contributed by atoms with van der Waals surface area (Å²) >= 11 is 0. The number of hydrogen-bond acceptors (Lipinski definition) is 3. The molecule has 2 rings (SSSR count). The summed E-state index contributed by atoms with van der Waals surface area (Å²) in [6.45, 7) is 0.